The van der Waals surface area contributed by atoms with Gasteiger partial charge in [0, 0.05) is 30.2 Å². The second-order valence-corrected chi connectivity index (χ2v) is 12.4. The molecular formula is C32H32F3N3O4S. The van der Waals surface area contributed by atoms with Crippen molar-refractivity contribution in [1.29, 1.82) is 0 Å². The first-order valence-electron chi connectivity index (χ1n) is 13.6. The van der Waals surface area contributed by atoms with Gasteiger partial charge < -0.3 is 9.88 Å². The lowest BCUT2D eigenvalue weighted by atomic mass is 9.88. The topological polar surface area (TPSA) is 97.3 Å². The average molecular weight is 612 g/mol. The van der Waals surface area contributed by atoms with Crippen molar-refractivity contribution in [2.45, 2.75) is 44.3 Å². The molecule has 226 valence electrons. The molecule has 0 aliphatic heterocycles. The summed E-state index contributed by atoms with van der Waals surface area (Å²) < 4.78 is 67.9. The number of hydrogen-bond donors (Lipinski definition) is 2. The Labute approximate surface area is 248 Å². The molecule has 1 aromatic heterocycles. The van der Waals surface area contributed by atoms with Gasteiger partial charge >= 0.3 is 6.18 Å². The van der Waals surface area contributed by atoms with Gasteiger partial charge in [0.1, 0.15) is 0 Å². The number of halogens is 3. The number of para-hydroxylation sites is 1. The van der Waals surface area contributed by atoms with E-state index >= 15 is 0 Å². The summed E-state index contributed by atoms with van der Waals surface area (Å²) in [5.41, 5.74) is 1.22. The fourth-order valence-corrected chi connectivity index (χ4v) is 5.82. The molecule has 0 radical (unpaired) electrons. The van der Waals surface area contributed by atoms with Crippen LogP contribution < -0.4 is 10.0 Å². The quantitative estimate of drug-likeness (QED) is 0.202. The molecule has 2 N–H and O–H groups in total. The monoisotopic (exact) mass is 611 g/mol. The number of carbonyl (C=O) groups excluding carboxylic acids is 2. The summed E-state index contributed by atoms with van der Waals surface area (Å²) in [6.07, 6.45) is -2.51. The minimum Gasteiger partial charge on any atom is -0.342 e. The van der Waals surface area contributed by atoms with E-state index in [0.29, 0.717) is 22.3 Å². The van der Waals surface area contributed by atoms with Crippen molar-refractivity contribution >= 4 is 32.7 Å². The van der Waals surface area contributed by atoms with Gasteiger partial charge in [-0.1, -0.05) is 62.9 Å². The second-order valence-electron chi connectivity index (χ2n) is 10.7. The highest BCUT2D eigenvalue weighted by Crippen LogP contribution is 2.30. The zero-order valence-corrected chi connectivity index (χ0v) is 24.5. The Kier molecular flexibility index (Phi) is 9.44. The highest BCUT2D eigenvalue weighted by atomic mass is 32.2. The maximum absolute atomic E-state index is 13.4. The molecule has 43 heavy (non-hydrogen) atoms. The number of nitrogens with zero attached hydrogens (tertiary/aromatic N) is 1. The van der Waals surface area contributed by atoms with Gasteiger partial charge in [-0.15, -0.1) is 0 Å². The number of sulfonamides is 1. The van der Waals surface area contributed by atoms with Gasteiger partial charge in [-0.3, -0.25) is 9.59 Å². The van der Waals surface area contributed by atoms with Gasteiger partial charge in [0.15, 0.2) is 0 Å². The van der Waals surface area contributed by atoms with Crippen LogP contribution in [0.15, 0.2) is 102 Å². The molecular weight excluding hydrogens is 579 g/mol. The number of fused-ring (bicyclic) bond motifs is 1. The number of hydrogen-bond acceptors (Lipinski definition) is 4. The van der Waals surface area contributed by atoms with Crippen LogP contribution in [0.5, 0.6) is 0 Å². The molecule has 0 bridgehead atoms. The maximum Gasteiger partial charge on any atom is 0.416 e. The van der Waals surface area contributed by atoms with E-state index in [1.54, 1.807) is 41.1 Å². The average Bonchev–Trinajstić information content (AvgIpc) is 3.35. The van der Waals surface area contributed by atoms with E-state index < -0.39 is 33.6 Å². The Balaban J connectivity index is 1.44. The number of benzene rings is 3. The van der Waals surface area contributed by atoms with Crippen LogP contribution in [0.1, 0.15) is 48.2 Å². The highest BCUT2D eigenvalue weighted by Gasteiger charge is 2.30. The first-order valence-corrected chi connectivity index (χ1v) is 15.1. The summed E-state index contributed by atoms with van der Waals surface area (Å²) in [4.78, 5) is 26.0. The smallest absolute Gasteiger partial charge is 0.342 e. The van der Waals surface area contributed by atoms with Crippen LogP contribution in [0.2, 0.25) is 0 Å². The number of aromatic nitrogens is 1. The van der Waals surface area contributed by atoms with E-state index in [2.05, 4.69) is 16.6 Å². The van der Waals surface area contributed by atoms with Crippen molar-refractivity contribution in [3.05, 3.63) is 114 Å². The van der Waals surface area contributed by atoms with Gasteiger partial charge in [0.25, 0.3) is 15.9 Å². The predicted molar refractivity (Wildman–Crippen MR) is 158 cm³/mol. The van der Waals surface area contributed by atoms with E-state index in [4.69, 9.17) is 0 Å². The molecule has 2 amide bonds. The first-order chi connectivity index (χ1) is 20.2. The van der Waals surface area contributed by atoms with Crippen molar-refractivity contribution in [2.24, 2.45) is 11.8 Å². The molecule has 1 atom stereocenters. The molecule has 11 heteroatoms. The van der Waals surface area contributed by atoms with Crippen LogP contribution >= 0.6 is 0 Å². The Morgan fingerprint density at radius 3 is 2.21 bits per heavy atom. The third-order valence-corrected chi connectivity index (χ3v) is 8.55. The lowest BCUT2D eigenvalue weighted by molar-refractivity contribution is -0.137. The summed E-state index contributed by atoms with van der Waals surface area (Å²) in [5, 5.41) is 3.58. The number of allylic oxidation sites excluding steroid dienone is 1. The van der Waals surface area contributed by atoms with Crippen molar-refractivity contribution in [3.63, 3.8) is 0 Å². The summed E-state index contributed by atoms with van der Waals surface area (Å²) in [7, 11) is -4.01. The zero-order chi connectivity index (χ0) is 31.4. The van der Waals surface area contributed by atoms with Crippen molar-refractivity contribution < 1.29 is 31.2 Å². The molecule has 1 heterocycles. The number of rotatable bonds is 11. The molecule has 0 fully saturated rings. The van der Waals surface area contributed by atoms with Crippen LogP contribution in [0.25, 0.3) is 10.9 Å². The largest absolute Gasteiger partial charge is 0.416 e. The van der Waals surface area contributed by atoms with Gasteiger partial charge in [-0.25, -0.2) is 13.1 Å². The standard InChI is InChI=1S/C32H32F3N3O4S/c1-21(2)25(19-29(39)37-43(41,42)27-9-5-4-6-10-27)18-22(3)36-31(40)28-11-7-8-24-16-17-38(30(24)28)20-23-12-14-26(15-13-23)32(33,34)35/h4-17,21,25H,3,18-20H2,1-2H3,(H,36,40)(H,37,39)/t25-/m1/s1. The zero-order valence-electron chi connectivity index (χ0n) is 23.7. The van der Waals surface area contributed by atoms with Crippen LogP contribution in [0, 0.1) is 11.8 Å². The Bertz CT molecular complexity index is 1730. The van der Waals surface area contributed by atoms with E-state index in [0.717, 1.165) is 17.5 Å². The van der Waals surface area contributed by atoms with Crippen molar-refractivity contribution in [2.75, 3.05) is 0 Å². The molecule has 0 saturated heterocycles. The van der Waals surface area contributed by atoms with Gasteiger partial charge in [-0.05, 0) is 60.2 Å². The normalized spacial score (nSPS) is 12.7. The van der Waals surface area contributed by atoms with E-state index in [1.807, 2.05) is 26.0 Å². The Morgan fingerprint density at radius 1 is 0.907 bits per heavy atom. The summed E-state index contributed by atoms with van der Waals surface area (Å²) >= 11 is 0. The fraction of sp³-hybridized carbons (Fsp3) is 0.250. The van der Waals surface area contributed by atoms with Crippen LogP contribution in [0.4, 0.5) is 13.2 Å². The van der Waals surface area contributed by atoms with Gasteiger partial charge in [0.05, 0.1) is 21.5 Å². The Morgan fingerprint density at radius 2 is 1.58 bits per heavy atom. The fourth-order valence-electron chi connectivity index (χ4n) is 4.80. The number of nitrogens with one attached hydrogen (secondary N) is 2. The highest BCUT2D eigenvalue weighted by molar-refractivity contribution is 7.90. The lowest BCUT2D eigenvalue weighted by Gasteiger charge is -2.22. The van der Waals surface area contributed by atoms with E-state index in [1.165, 1.54) is 24.3 Å². The molecule has 0 aliphatic carbocycles. The van der Waals surface area contributed by atoms with Crippen LogP contribution in [0.3, 0.4) is 0 Å². The summed E-state index contributed by atoms with van der Waals surface area (Å²) in [5.74, 6) is -1.42. The summed E-state index contributed by atoms with van der Waals surface area (Å²) in [6.45, 7) is 8.02. The predicted octanol–water partition coefficient (Wildman–Crippen LogP) is 6.51. The molecule has 4 rings (SSSR count). The molecule has 0 aliphatic rings. The molecule has 3 aromatic carbocycles. The minimum absolute atomic E-state index is 0.0154. The molecule has 4 aromatic rings. The molecule has 0 unspecified atom stereocenters. The maximum atomic E-state index is 13.4. The van der Waals surface area contributed by atoms with E-state index in [-0.39, 0.29) is 36.1 Å². The number of carbonyl (C=O) groups is 2. The van der Waals surface area contributed by atoms with Crippen molar-refractivity contribution in [3.8, 4) is 0 Å². The molecule has 0 spiro atoms. The number of amides is 2. The summed E-state index contributed by atoms with van der Waals surface area (Å²) in [6, 6.07) is 19.5. The lowest BCUT2D eigenvalue weighted by Crippen LogP contribution is -2.33. The SMILES string of the molecule is C=C(C[C@H](CC(=O)NS(=O)(=O)c1ccccc1)C(C)C)NC(=O)c1cccc2ccn(Cc3ccc(C(F)(F)F)cc3)c12. The number of alkyl halides is 3. The minimum atomic E-state index is -4.43. The third-order valence-electron chi connectivity index (χ3n) is 7.16. The molecule has 7 nitrogen and oxygen atoms in total. The van der Waals surface area contributed by atoms with Crippen LogP contribution in [-0.2, 0) is 27.5 Å². The Hall–Kier alpha value is -4.38. The third kappa shape index (κ3) is 7.92. The van der Waals surface area contributed by atoms with Gasteiger partial charge in [0.2, 0.25) is 5.91 Å². The first kappa shape index (κ1) is 31.6. The van der Waals surface area contributed by atoms with Crippen molar-refractivity contribution in [1.82, 2.24) is 14.6 Å². The van der Waals surface area contributed by atoms with Crippen LogP contribution in [-0.4, -0.2) is 24.8 Å². The van der Waals surface area contributed by atoms with E-state index in [9.17, 15) is 31.2 Å². The van der Waals surface area contributed by atoms with Gasteiger partial charge in [-0.2, -0.15) is 13.2 Å². The molecule has 0 saturated carbocycles. The second kappa shape index (κ2) is 12.9.